The summed E-state index contributed by atoms with van der Waals surface area (Å²) in [6.07, 6.45) is 1.59. The number of nitrogens with zero attached hydrogens (tertiary/aromatic N) is 1. The van der Waals surface area contributed by atoms with Gasteiger partial charge in [-0.1, -0.05) is 36.4 Å². The number of ether oxygens (including phenoxy) is 2. The van der Waals surface area contributed by atoms with Crippen molar-refractivity contribution in [2.75, 3.05) is 19.7 Å². The maximum atomic E-state index is 9.59. The molecule has 4 nitrogen and oxygen atoms in total. The molecule has 4 rings (SSSR count). The van der Waals surface area contributed by atoms with Crippen molar-refractivity contribution < 1.29 is 14.6 Å². The molecule has 0 unspecified atom stereocenters. The highest BCUT2D eigenvalue weighted by atomic mass is 16.6. The summed E-state index contributed by atoms with van der Waals surface area (Å²) in [6, 6.07) is 16.4. The van der Waals surface area contributed by atoms with Gasteiger partial charge in [0.25, 0.3) is 0 Å². The molecule has 1 atom stereocenters. The monoisotopic (exact) mass is 325 g/mol. The fourth-order valence-electron chi connectivity index (χ4n) is 3.36. The van der Waals surface area contributed by atoms with E-state index in [1.807, 2.05) is 24.3 Å². The highest BCUT2D eigenvalue weighted by Crippen LogP contribution is 2.35. The lowest BCUT2D eigenvalue weighted by Crippen LogP contribution is -2.35. The quantitative estimate of drug-likeness (QED) is 0.941. The Morgan fingerprint density at radius 2 is 1.67 bits per heavy atom. The van der Waals surface area contributed by atoms with Gasteiger partial charge in [0.05, 0.1) is 6.10 Å². The minimum absolute atomic E-state index is 0.0564. The highest BCUT2D eigenvalue weighted by Gasteiger charge is 2.22. The summed E-state index contributed by atoms with van der Waals surface area (Å²) in [7, 11) is 0. The number of rotatable bonds is 3. The Morgan fingerprint density at radius 1 is 0.958 bits per heavy atom. The van der Waals surface area contributed by atoms with Crippen molar-refractivity contribution in [3.05, 3.63) is 59.7 Å². The molecule has 2 aliphatic heterocycles. The summed E-state index contributed by atoms with van der Waals surface area (Å²) in [6.45, 7) is 3.43. The normalized spacial score (nSPS) is 21.6. The molecule has 2 heterocycles. The van der Waals surface area contributed by atoms with Crippen molar-refractivity contribution in [2.24, 2.45) is 0 Å². The second-order valence-electron chi connectivity index (χ2n) is 6.61. The number of fused-ring (bicyclic) bond motifs is 1. The van der Waals surface area contributed by atoms with E-state index in [4.69, 9.17) is 9.47 Å². The molecule has 126 valence electrons. The number of hydrogen-bond acceptors (Lipinski definition) is 4. The minimum atomic E-state index is -0.116. The van der Waals surface area contributed by atoms with Gasteiger partial charge in [-0.05, 0) is 36.1 Å². The Hall–Kier alpha value is -2.04. The lowest BCUT2D eigenvalue weighted by atomic mass is 10.0. The van der Waals surface area contributed by atoms with E-state index < -0.39 is 0 Å². The van der Waals surface area contributed by atoms with Crippen LogP contribution in [0.25, 0.3) is 0 Å². The van der Waals surface area contributed by atoms with Crippen LogP contribution in [-0.4, -0.2) is 35.8 Å². The molecular weight excluding hydrogens is 302 g/mol. The number of aliphatic hydroxyl groups excluding tert-OH is 1. The average Bonchev–Trinajstić information content (AvgIpc) is 2.64. The lowest BCUT2D eigenvalue weighted by molar-refractivity contribution is 0.0791. The second kappa shape index (κ2) is 6.83. The Labute approximate surface area is 142 Å². The Kier molecular flexibility index (Phi) is 4.41. The number of para-hydroxylation sites is 2. The fraction of sp³-hybridized carbons (Fsp3) is 0.400. The van der Waals surface area contributed by atoms with Crippen molar-refractivity contribution in [2.45, 2.75) is 31.6 Å². The van der Waals surface area contributed by atoms with Gasteiger partial charge in [0.15, 0.2) is 17.6 Å². The maximum Gasteiger partial charge on any atom is 0.162 e. The van der Waals surface area contributed by atoms with Crippen molar-refractivity contribution in [1.82, 2.24) is 4.90 Å². The molecule has 0 spiro atoms. The van der Waals surface area contributed by atoms with Crippen LogP contribution >= 0.6 is 0 Å². The molecule has 2 aromatic carbocycles. The van der Waals surface area contributed by atoms with Crippen LogP contribution in [0.5, 0.6) is 11.5 Å². The van der Waals surface area contributed by atoms with Gasteiger partial charge in [-0.25, -0.2) is 0 Å². The number of hydrogen-bond donors (Lipinski definition) is 1. The topological polar surface area (TPSA) is 41.9 Å². The van der Waals surface area contributed by atoms with Gasteiger partial charge < -0.3 is 14.6 Å². The molecule has 2 aromatic rings. The Morgan fingerprint density at radius 3 is 2.42 bits per heavy atom. The van der Waals surface area contributed by atoms with E-state index in [1.54, 1.807) is 0 Å². The molecule has 24 heavy (non-hydrogen) atoms. The molecule has 2 aliphatic rings. The van der Waals surface area contributed by atoms with Gasteiger partial charge in [-0.3, -0.25) is 4.90 Å². The van der Waals surface area contributed by atoms with Gasteiger partial charge in [0, 0.05) is 19.6 Å². The van der Waals surface area contributed by atoms with Gasteiger partial charge in [0.2, 0.25) is 0 Å². The van der Waals surface area contributed by atoms with E-state index in [1.165, 1.54) is 5.56 Å². The van der Waals surface area contributed by atoms with E-state index >= 15 is 0 Å². The van der Waals surface area contributed by atoms with Crippen LogP contribution in [0.1, 0.15) is 30.1 Å². The van der Waals surface area contributed by atoms with Crippen LogP contribution < -0.4 is 9.47 Å². The van der Waals surface area contributed by atoms with Gasteiger partial charge in [-0.15, -0.1) is 0 Å². The minimum Gasteiger partial charge on any atom is -0.485 e. The van der Waals surface area contributed by atoms with Crippen LogP contribution in [0.3, 0.4) is 0 Å². The van der Waals surface area contributed by atoms with Crippen LogP contribution in [-0.2, 0) is 6.54 Å². The van der Waals surface area contributed by atoms with E-state index in [0.29, 0.717) is 6.61 Å². The summed E-state index contributed by atoms with van der Waals surface area (Å²) in [5.41, 5.74) is 2.44. The zero-order chi connectivity index (χ0) is 16.4. The molecular formula is C20H23NO3. The predicted octanol–water partition coefficient (Wildman–Crippen LogP) is 3.16. The predicted molar refractivity (Wildman–Crippen MR) is 92.3 cm³/mol. The van der Waals surface area contributed by atoms with Crippen molar-refractivity contribution >= 4 is 0 Å². The highest BCUT2D eigenvalue weighted by molar-refractivity contribution is 5.41. The maximum absolute atomic E-state index is 9.59. The van der Waals surface area contributed by atoms with E-state index in [2.05, 4.69) is 29.2 Å². The first kappa shape index (κ1) is 15.5. The summed E-state index contributed by atoms with van der Waals surface area (Å²) < 4.78 is 11.9. The third-order valence-electron chi connectivity index (χ3n) is 4.82. The van der Waals surface area contributed by atoms with E-state index in [0.717, 1.165) is 49.5 Å². The fourth-order valence-corrected chi connectivity index (χ4v) is 3.36. The number of piperidine rings is 1. The Balaban J connectivity index is 1.39. The summed E-state index contributed by atoms with van der Waals surface area (Å²) >= 11 is 0. The lowest BCUT2D eigenvalue weighted by Gasteiger charge is -2.29. The van der Waals surface area contributed by atoms with Crippen LogP contribution in [0.2, 0.25) is 0 Å². The van der Waals surface area contributed by atoms with Gasteiger partial charge >= 0.3 is 0 Å². The van der Waals surface area contributed by atoms with Gasteiger partial charge in [-0.2, -0.15) is 0 Å². The van der Waals surface area contributed by atoms with Crippen LogP contribution in [0.15, 0.2) is 48.5 Å². The first-order chi connectivity index (χ1) is 11.8. The van der Waals surface area contributed by atoms with Crippen molar-refractivity contribution in [1.29, 1.82) is 0 Å². The largest absolute Gasteiger partial charge is 0.485 e. The summed E-state index contributed by atoms with van der Waals surface area (Å²) in [5, 5.41) is 9.59. The number of likely N-dealkylation sites (tertiary alicyclic amines) is 1. The van der Waals surface area contributed by atoms with Crippen LogP contribution in [0.4, 0.5) is 0 Å². The molecule has 4 heteroatoms. The SMILES string of the molecule is OC1CCN(Cc2ccc([C@H]3COc4ccccc4O3)cc2)CC1. The molecule has 0 amide bonds. The molecule has 1 fully saturated rings. The third-order valence-corrected chi connectivity index (χ3v) is 4.82. The van der Waals surface area contributed by atoms with E-state index in [-0.39, 0.29) is 12.2 Å². The van der Waals surface area contributed by atoms with Crippen LogP contribution in [0, 0.1) is 0 Å². The molecule has 1 N–H and O–H groups in total. The molecule has 0 radical (unpaired) electrons. The average molecular weight is 325 g/mol. The second-order valence-corrected chi connectivity index (χ2v) is 6.61. The van der Waals surface area contributed by atoms with Crippen molar-refractivity contribution in [3.8, 4) is 11.5 Å². The van der Waals surface area contributed by atoms with E-state index in [9.17, 15) is 5.11 Å². The first-order valence-electron chi connectivity index (χ1n) is 8.66. The summed E-state index contributed by atoms with van der Waals surface area (Å²) in [4.78, 5) is 2.40. The number of aliphatic hydroxyl groups is 1. The molecule has 0 aliphatic carbocycles. The zero-order valence-corrected chi connectivity index (χ0v) is 13.7. The molecule has 0 bridgehead atoms. The first-order valence-corrected chi connectivity index (χ1v) is 8.66. The zero-order valence-electron chi connectivity index (χ0n) is 13.7. The van der Waals surface area contributed by atoms with Gasteiger partial charge in [0.1, 0.15) is 6.61 Å². The third kappa shape index (κ3) is 3.40. The van der Waals surface area contributed by atoms with Crippen molar-refractivity contribution in [3.63, 3.8) is 0 Å². The number of benzene rings is 2. The molecule has 1 saturated heterocycles. The smallest absolute Gasteiger partial charge is 0.162 e. The standard InChI is InChI=1S/C20H23NO3/c22-17-9-11-21(12-10-17)13-15-5-7-16(8-6-15)20-14-23-18-3-1-2-4-19(18)24-20/h1-8,17,20,22H,9-14H2/t20-/m1/s1. The Bertz CT molecular complexity index is 678. The summed E-state index contributed by atoms with van der Waals surface area (Å²) in [5.74, 6) is 1.63. The molecule has 0 saturated carbocycles. The molecule has 0 aromatic heterocycles.